The highest BCUT2D eigenvalue weighted by molar-refractivity contribution is 8.02. The van der Waals surface area contributed by atoms with Gasteiger partial charge in [0, 0.05) is 6.08 Å². The van der Waals surface area contributed by atoms with E-state index in [2.05, 4.69) is 4.74 Å². The zero-order valence-electron chi connectivity index (χ0n) is 5.59. The van der Waals surface area contributed by atoms with Gasteiger partial charge in [0.15, 0.2) is 0 Å². The molecule has 0 spiro atoms. The minimum absolute atomic E-state index is 0.295. The summed E-state index contributed by atoms with van der Waals surface area (Å²) in [6.45, 7) is 2.02. The number of carbonyl (C=O) groups excluding carboxylic acids is 1. The molecule has 0 heterocycles. The van der Waals surface area contributed by atoms with Crippen LogP contribution in [0.25, 0.3) is 0 Å². The van der Waals surface area contributed by atoms with Crippen molar-refractivity contribution in [2.75, 3.05) is 12.9 Å². The second-order valence-electron chi connectivity index (χ2n) is 1.28. The zero-order valence-corrected chi connectivity index (χ0v) is 6.40. The van der Waals surface area contributed by atoms with Crippen LogP contribution in [-0.4, -0.2) is 18.8 Å². The Kier molecular flexibility index (Phi) is 5.41. The molecule has 0 aromatic heterocycles. The molecule has 0 N–H and O–H groups in total. The van der Waals surface area contributed by atoms with Crippen LogP contribution in [0.1, 0.15) is 6.92 Å². The normalized spacial score (nSPS) is 10.0. The van der Waals surface area contributed by atoms with Gasteiger partial charge in [-0.05, 0) is 11.2 Å². The highest BCUT2D eigenvalue weighted by Gasteiger charge is 1.87. The number of carbonyl (C=O) groups is 1. The number of rotatable bonds is 3. The molecule has 0 radical (unpaired) electrons. The summed E-state index contributed by atoms with van der Waals surface area (Å²) in [6.07, 6.45) is 1.41. The highest BCUT2D eigenvalue weighted by atomic mass is 32.2. The summed E-state index contributed by atoms with van der Waals surface area (Å²) in [5.41, 5.74) is 0. The first-order valence-corrected chi connectivity index (χ1v) is 3.72. The zero-order chi connectivity index (χ0) is 7.11. The summed E-state index contributed by atoms with van der Waals surface area (Å²) in [5.74, 6) is 0.684. The summed E-state index contributed by atoms with van der Waals surface area (Å²) < 4.78 is 4.36. The molecule has 3 heteroatoms. The molecule has 0 aliphatic rings. The van der Waals surface area contributed by atoms with E-state index in [1.807, 2.05) is 6.92 Å². The van der Waals surface area contributed by atoms with Crippen molar-refractivity contribution in [3.05, 3.63) is 11.5 Å². The molecule has 0 bridgehead atoms. The van der Waals surface area contributed by atoms with E-state index < -0.39 is 0 Å². The molecule has 0 fully saturated rings. The predicted octanol–water partition coefficient (Wildman–Crippen LogP) is 1.43. The maximum atomic E-state index is 10.4. The lowest BCUT2D eigenvalue weighted by Crippen LogP contribution is -1.92. The topological polar surface area (TPSA) is 26.3 Å². The third-order valence-electron chi connectivity index (χ3n) is 0.668. The van der Waals surface area contributed by atoms with Gasteiger partial charge in [-0.15, -0.1) is 11.8 Å². The first kappa shape index (κ1) is 8.56. The van der Waals surface area contributed by atoms with Crippen molar-refractivity contribution in [1.82, 2.24) is 0 Å². The maximum Gasteiger partial charge on any atom is 0.330 e. The van der Waals surface area contributed by atoms with E-state index in [9.17, 15) is 4.79 Å². The smallest absolute Gasteiger partial charge is 0.330 e. The largest absolute Gasteiger partial charge is 0.466 e. The van der Waals surface area contributed by atoms with Crippen molar-refractivity contribution in [3.63, 3.8) is 0 Å². The standard InChI is InChI=1S/C6H10O2S/c1-3-9-5-4-6(7)8-2/h4-5H,3H2,1-2H3/b5-4+. The number of thioether (sulfide) groups is 1. The van der Waals surface area contributed by atoms with E-state index in [0.29, 0.717) is 0 Å². The van der Waals surface area contributed by atoms with Crippen molar-refractivity contribution in [3.8, 4) is 0 Å². The first-order valence-electron chi connectivity index (χ1n) is 2.67. The second-order valence-corrected chi connectivity index (χ2v) is 2.46. The Bertz CT molecular complexity index is 110. The third kappa shape index (κ3) is 5.43. The number of hydrogen-bond donors (Lipinski definition) is 0. The Morgan fingerprint density at radius 1 is 1.78 bits per heavy atom. The lowest BCUT2D eigenvalue weighted by Gasteiger charge is -1.87. The fourth-order valence-electron chi connectivity index (χ4n) is 0.268. The molecule has 2 nitrogen and oxygen atoms in total. The van der Waals surface area contributed by atoms with Crippen LogP contribution in [-0.2, 0) is 9.53 Å². The molecule has 0 aliphatic carbocycles. The molecule has 0 unspecified atom stereocenters. The Morgan fingerprint density at radius 2 is 2.44 bits per heavy atom. The molecule has 0 aromatic carbocycles. The van der Waals surface area contributed by atoms with E-state index in [1.165, 1.54) is 13.2 Å². The van der Waals surface area contributed by atoms with E-state index in [4.69, 9.17) is 0 Å². The molecule has 0 atom stereocenters. The van der Waals surface area contributed by atoms with Gasteiger partial charge in [-0.1, -0.05) is 6.92 Å². The van der Waals surface area contributed by atoms with E-state index in [0.717, 1.165) is 5.75 Å². The van der Waals surface area contributed by atoms with E-state index in [-0.39, 0.29) is 5.97 Å². The first-order chi connectivity index (χ1) is 4.31. The van der Waals surface area contributed by atoms with Gasteiger partial charge in [-0.2, -0.15) is 0 Å². The van der Waals surface area contributed by atoms with Crippen LogP contribution in [0.15, 0.2) is 11.5 Å². The molecule has 0 aromatic rings. The predicted molar refractivity (Wildman–Crippen MR) is 39.3 cm³/mol. The van der Waals surface area contributed by atoms with Gasteiger partial charge in [0.05, 0.1) is 7.11 Å². The number of hydrogen-bond acceptors (Lipinski definition) is 3. The Hall–Kier alpha value is -0.440. The van der Waals surface area contributed by atoms with Crippen LogP contribution in [0.3, 0.4) is 0 Å². The number of methoxy groups -OCH3 is 1. The number of ether oxygens (including phenoxy) is 1. The molecule has 52 valence electrons. The summed E-state index contributed by atoms with van der Waals surface area (Å²) in [5, 5.41) is 1.73. The van der Waals surface area contributed by atoms with Gasteiger partial charge in [0.2, 0.25) is 0 Å². The van der Waals surface area contributed by atoms with E-state index >= 15 is 0 Å². The molecular formula is C6H10O2S. The van der Waals surface area contributed by atoms with Gasteiger partial charge in [0.25, 0.3) is 0 Å². The molecule has 0 rings (SSSR count). The molecular weight excluding hydrogens is 136 g/mol. The monoisotopic (exact) mass is 146 g/mol. The Balaban J connectivity index is 3.32. The molecule has 9 heavy (non-hydrogen) atoms. The lowest BCUT2D eigenvalue weighted by atomic mass is 10.7. The molecule has 0 saturated heterocycles. The highest BCUT2D eigenvalue weighted by Crippen LogP contribution is 1.99. The summed E-state index contributed by atoms with van der Waals surface area (Å²) in [6, 6.07) is 0. The van der Waals surface area contributed by atoms with Gasteiger partial charge in [-0.3, -0.25) is 0 Å². The van der Waals surface area contributed by atoms with Crippen LogP contribution >= 0.6 is 11.8 Å². The SMILES string of the molecule is CCS/C=C/C(=O)OC. The van der Waals surface area contributed by atoms with Crippen LogP contribution in [0.2, 0.25) is 0 Å². The van der Waals surface area contributed by atoms with Gasteiger partial charge in [0.1, 0.15) is 0 Å². The van der Waals surface area contributed by atoms with Crippen molar-refractivity contribution in [2.24, 2.45) is 0 Å². The van der Waals surface area contributed by atoms with Gasteiger partial charge < -0.3 is 4.74 Å². The lowest BCUT2D eigenvalue weighted by molar-refractivity contribution is -0.134. The molecule has 0 saturated carbocycles. The van der Waals surface area contributed by atoms with Gasteiger partial charge >= 0.3 is 5.97 Å². The maximum absolute atomic E-state index is 10.4. The summed E-state index contributed by atoms with van der Waals surface area (Å²) >= 11 is 1.57. The van der Waals surface area contributed by atoms with Crippen molar-refractivity contribution >= 4 is 17.7 Å². The van der Waals surface area contributed by atoms with E-state index in [1.54, 1.807) is 17.2 Å². The van der Waals surface area contributed by atoms with Crippen LogP contribution < -0.4 is 0 Å². The van der Waals surface area contributed by atoms with Crippen molar-refractivity contribution in [1.29, 1.82) is 0 Å². The van der Waals surface area contributed by atoms with Crippen molar-refractivity contribution < 1.29 is 9.53 Å². The third-order valence-corrected chi connectivity index (χ3v) is 1.33. The fourth-order valence-corrected chi connectivity index (χ4v) is 0.668. The second kappa shape index (κ2) is 5.69. The average molecular weight is 146 g/mol. The minimum atomic E-state index is -0.295. The number of esters is 1. The van der Waals surface area contributed by atoms with Crippen LogP contribution in [0.5, 0.6) is 0 Å². The van der Waals surface area contributed by atoms with Crippen molar-refractivity contribution in [2.45, 2.75) is 6.92 Å². The van der Waals surface area contributed by atoms with Crippen LogP contribution in [0.4, 0.5) is 0 Å². The Labute approximate surface area is 59.3 Å². The summed E-state index contributed by atoms with van der Waals surface area (Å²) in [7, 11) is 1.36. The fraction of sp³-hybridized carbons (Fsp3) is 0.500. The molecule has 0 amide bonds. The minimum Gasteiger partial charge on any atom is -0.466 e. The average Bonchev–Trinajstić information content (AvgIpc) is 1.89. The molecule has 0 aliphatic heterocycles. The summed E-state index contributed by atoms with van der Waals surface area (Å²) in [4.78, 5) is 10.4. The van der Waals surface area contributed by atoms with Crippen LogP contribution in [0, 0.1) is 0 Å². The van der Waals surface area contributed by atoms with Gasteiger partial charge in [-0.25, -0.2) is 4.79 Å². The quantitative estimate of drug-likeness (QED) is 0.445. The Morgan fingerprint density at radius 3 is 2.89 bits per heavy atom.